The molecule has 0 fully saturated rings. The zero-order valence-electron chi connectivity index (χ0n) is 10.3. The van der Waals surface area contributed by atoms with E-state index in [2.05, 4.69) is 5.10 Å². The third kappa shape index (κ3) is 1.93. The second-order valence-corrected chi connectivity index (χ2v) is 4.74. The maximum Gasteiger partial charge on any atom is 0.435 e. The summed E-state index contributed by atoms with van der Waals surface area (Å²) in [5.74, 6) is -0.536. The van der Waals surface area contributed by atoms with Crippen molar-refractivity contribution in [3.8, 4) is 5.69 Å². The number of nitrogens with zero attached hydrogens (tertiary/aromatic N) is 2. The highest BCUT2D eigenvalue weighted by Gasteiger charge is 2.40. The normalized spacial score (nSPS) is 14.6. The number of alkyl halides is 3. The average Bonchev–Trinajstić information content (AvgIpc) is 2.89. The minimum atomic E-state index is -4.49. The highest BCUT2D eigenvalue weighted by Crippen LogP contribution is 2.38. The van der Waals surface area contributed by atoms with E-state index in [1.165, 1.54) is 10.7 Å². The molecule has 0 radical (unpaired) electrons. The van der Waals surface area contributed by atoms with Crippen LogP contribution in [-0.4, -0.2) is 9.78 Å². The lowest BCUT2D eigenvalue weighted by Gasteiger charge is -2.09. The highest BCUT2D eigenvalue weighted by atomic mass is 19.4. The third-order valence-corrected chi connectivity index (χ3v) is 3.42. The molecule has 0 bridgehead atoms. The molecule has 1 heterocycles. The topological polar surface area (TPSA) is 43.8 Å². The second kappa shape index (κ2) is 4.22. The maximum absolute atomic E-state index is 13.0. The molecule has 0 amide bonds. The lowest BCUT2D eigenvalue weighted by molar-refractivity contribution is -0.141. The number of hydrogen-bond acceptors (Lipinski definition) is 2. The number of halogens is 4. The number of benzene rings is 1. The van der Waals surface area contributed by atoms with Crippen LogP contribution in [0.5, 0.6) is 0 Å². The van der Waals surface area contributed by atoms with Gasteiger partial charge in [0.1, 0.15) is 5.82 Å². The number of rotatable bonds is 1. The third-order valence-electron chi connectivity index (χ3n) is 3.42. The first-order valence-corrected chi connectivity index (χ1v) is 6.11. The van der Waals surface area contributed by atoms with Crippen LogP contribution in [0.25, 0.3) is 5.69 Å². The van der Waals surface area contributed by atoms with E-state index in [1.807, 2.05) is 0 Å². The van der Waals surface area contributed by atoms with Crippen molar-refractivity contribution in [2.75, 3.05) is 5.73 Å². The Morgan fingerprint density at radius 3 is 2.60 bits per heavy atom. The Kier molecular flexibility index (Phi) is 2.74. The number of anilines is 1. The zero-order chi connectivity index (χ0) is 14.5. The van der Waals surface area contributed by atoms with Gasteiger partial charge in [0.2, 0.25) is 0 Å². The highest BCUT2D eigenvalue weighted by molar-refractivity contribution is 5.58. The van der Waals surface area contributed by atoms with Gasteiger partial charge in [-0.1, -0.05) is 0 Å². The van der Waals surface area contributed by atoms with Crippen LogP contribution in [0.2, 0.25) is 0 Å². The molecule has 2 aromatic rings. The maximum atomic E-state index is 13.0. The predicted molar refractivity (Wildman–Crippen MR) is 65.0 cm³/mol. The summed E-state index contributed by atoms with van der Waals surface area (Å²) in [6.45, 7) is 0. The van der Waals surface area contributed by atoms with Gasteiger partial charge in [0.05, 0.1) is 11.4 Å². The van der Waals surface area contributed by atoms with Gasteiger partial charge in [-0.25, -0.2) is 9.07 Å². The lowest BCUT2D eigenvalue weighted by atomic mass is 10.2. The molecule has 1 aromatic heterocycles. The standard InChI is InChI=1S/C13H11F4N3/c14-7-4-5-11(9(18)6-7)20-10-3-1-2-8(10)12(19-20)13(15,16)17/h4-6H,1-3,18H2. The Bertz CT molecular complexity index is 673. The molecule has 0 atom stereocenters. The van der Waals surface area contributed by atoms with Crippen LogP contribution >= 0.6 is 0 Å². The van der Waals surface area contributed by atoms with Gasteiger partial charge in [-0.2, -0.15) is 18.3 Å². The monoisotopic (exact) mass is 285 g/mol. The molecule has 0 saturated carbocycles. The van der Waals surface area contributed by atoms with Crippen LogP contribution < -0.4 is 5.73 Å². The van der Waals surface area contributed by atoms with Crippen molar-refractivity contribution < 1.29 is 17.6 Å². The van der Waals surface area contributed by atoms with E-state index in [9.17, 15) is 17.6 Å². The Labute approximate surface area is 112 Å². The van der Waals surface area contributed by atoms with Crippen LogP contribution in [-0.2, 0) is 19.0 Å². The van der Waals surface area contributed by atoms with Gasteiger partial charge < -0.3 is 5.73 Å². The molecule has 0 unspecified atom stereocenters. The lowest BCUT2D eigenvalue weighted by Crippen LogP contribution is -2.10. The fourth-order valence-corrected chi connectivity index (χ4v) is 2.58. The molecule has 3 rings (SSSR count). The number of nitrogens with two attached hydrogens (primary N) is 1. The summed E-state index contributed by atoms with van der Waals surface area (Å²) < 4.78 is 53.1. The van der Waals surface area contributed by atoms with E-state index < -0.39 is 17.7 Å². The van der Waals surface area contributed by atoms with Crippen molar-refractivity contribution >= 4 is 5.69 Å². The van der Waals surface area contributed by atoms with E-state index in [4.69, 9.17) is 5.73 Å². The summed E-state index contributed by atoms with van der Waals surface area (Å²) >= 11 is 0. The SMILES string of the molecule is Nc1cc(F)ccc1-n1nc(C(F)(F)F)c2c1CCC2. The van der Waals surface area contributed by atoms with Crippen LogP contribution in [0.15, 0.2) is 18.2 Å². The molecule has 3 nitrogen and oxygen atoms in total. The molecule has 7 heteroatoms. The summed E-state index contributed by atoms with van der Waals surface area (Å²) in [6, 6.07) is 3.57. The summed E-state index contributed by atoms with van der Waals surface area (Å²) in [4.78, 5) is 0. The molecule has 106 valence electrons. The largest absolute Gasteiger partial charge is 0.435 e. The zero-order valence-corrected chi connectivity index (χ0v) is 10.3. The molecular formula is C13H11F4N3. The van der Waals surface area contributed by atoms with Crippen molar-refractivity contribution in [1.29, 1.82) is 0 Å². The van der Waals surface area contributed by atoms with E-state index in [0.29, 0.717) is 25.0 Å². The first-order chi connectivity index (χ1) is 9.38. The Balaban J connectivity index is 2.20. The van der Waals surface area contributed by atoms with E-state index in [1.54, 1.807) is 0 Å². The van der Waals surface area contributed by atoms with Crippen LogP contribution in [0.1, 0.15) is 23.4 Å². The smallest absolute Gasteiger partial charge is 0.397 e. The quantitative estimate of drug-likeness (QED) is 0.646. The van der Waals surface area contributed by atoms with Crippen molar-refractivity contribution in [1.82, 2.24) is 9.78 Å². The van der Waals surface area contributed by atoms with Crippen LogP contribution in [0.3, 0.4) is 0 Å². The van der Waals surface area contributed by atoms with Crippen LogP contribution in [0.4, 0.5) is 23.2 Å². The van der Waals surface area contributed by atoms with Crippen molar-refractivity contribution in [3.63, 3.8) is 0 Å². The minimum Gasteiger partial charge on any atom is -0.397 e. The first-order valence-electron chi connectivity index (χ1n) is 6.11. The molecule has 1 aliphatic rings. The molecule has 1 aromatic carbocycles. The summed E-state index contributed by atoms with van der Waals surface area (Å²) in [7, 11) is 0. The van der Waals surface area contributed by atoms with Gasteiger partial charge in [0.25, 0.3) is 0 Å². The molecule has 0 aliphatic heterocycles. The molecule has 1 aliphatic carbocycles. The van der Waals surface area contributed by atoms with Crippen LogP contribution in [0, 0.1) is 5.82 Å². The molecular weight excluding hydrogens is 274 g/mol. The van der Waals surface area contributed by atoms with E-state index >= 15 is 0 Å². The predicted octanol–water partition coefficient (Wildman–Crippen LogP) is 3.10. The number of hydrogen-bond donors (Lipinski definition) is 1. The molecule has 0 saturated heterocycles. The van der Waals surface area contributed by atoms with Gasteiger partial charge in [0, 0.05) is 11.3 Å². The molecule has 0 spiro atoms. The van der Waals surface area contributed by atoms with Crippen molar-refractivity contribution in [2.45, 2.75) is 25.4 Å². The Morgan fingerprint density at radius 2 is 1.95 bits per heavy atom. The number of aromatic nitrogens is 2. The second-order valence-electron chi connectivity index (χ2n) is 4.74. The summed E-state index contributed by atoms with van der Waals surface area (Å²) in [6.07, 6.45) is -2.98. The van der Waals surface area contributed by atoms with E-state index in [0.717, 1.165) is 12.1 Å². The van der Waals surface area contributed by atoms with Gasteiger partial charge in [-0.15, -0.1) is 0 Å². The van der Waals surface area contributed by atoms with E-state index in [-0.39, 0.29) is 16.9 Å². The first kappa shape index (κ1) is 13.0. The van der Waals surface area contributed by atoms with Crippen molar-refractivity contribution in [2.24, 2.45) is 0 Å². The van der Waals surface area contributed by atoms with Gasteiger partial charge in [0.15, 0.2) is 5.69 Å². The van der Waals surface area contributed by atoms with Crippen molar-refractivity contribution in [3.05, 3.63) is 41.0 Å². The summed E-state index contributed by atoms with van der Waals surface area (Å²) in [5, 5.41) is 3.65. The molecule has 2 N–H and O–H groups in total. The average molecular weight is 285 g/mol. The van der Waals surface area contributed by atoms with Gasteiger partial charge >= 0.3 is 6.18 Å². The molecule has 20 heavy (non-hydrogen) atoms. The minimum absolute atomic E-state index is 0.0657. The number of nitrogen functional groups attached to an aromatic ring is 1. The Morgan fingerprint density at radius 1 is 1.20 bits per heavy atom. The fraction of sp³-hybridized carbons (Fsp3) is 0.308. The van der Waals surface area contributed by atoms with Gasteiger partial charge in [-0.3, -0.25) is 0 Å². The van der Waals surface area contributed by atoms with Gasteiger partial charge in [-0.05, 0) is 37.5 Å². The Hall–Kier alpha value is -2.05. The fourth-order valence-electron chi connectivity index (χ4n) is 2.58. The summed E-state index contributed by atoms with van der Waals surface area (Å²) in [5.41, 5.74) is 5.89. The number of fused-ring (bicyclic) bond motifs is 1.